The molecule has 3 fully saturated rings. The number of H-pyrrole nitrogens is 1. The fraction of sp³-hybridized carbons (Fsp3) is 0.471. The molecule has 43 heteroatoms. The monoisotopic (exact) mass is 1820 g/mol. The molecular weight excluding hydrogens is 1710 g/mol. The van der Waals surface area contributed by atoms with Gasteiger partial charge in [0.1, 0.15) is 78.5 Å². The number of amides is 17. The van der Waals surface area contributed by atoms with Crippen LogP contribution in [0.25, 0.3) is 21.7 Å². The van der Waals surface area contributed by atoms with E-state index in [9.17, 15) is 58.2 Å². The number of hydrogen-bond acceptors (Lipinski definition) is 25. The van der Waals surface area contributed by atoms with E-state index in [-0.39, 0.29) is 103 Å². The van der Waals surface area contributed by atoms with Crippen LogP contribution in [0.1, 0.15) is 113 Å². The number of nitrogens with zero attached hydrogens (tertiary/aromatic N) is 2. The molecule has 13 atom stereocenters. The molecule has 0 aliphatic carbocycles. The van der Waals surface area contributed by atoms with Crippen LogP contribution < -0.4 is 103 Å². The molecule has 0 saturated carbocycles. The van der Waals surface area contributed by atoms with Crippen molar-refractivity contribution in [1.82, 2.24) is 84.0 Å². The Bertz CT molecular complexity index is 5020. The summed E-state index contributed by atoms with van der Waals surface area (Å²) in [6.45, 7) is 0.421. The summed E-state index contributed by atoms with van der Waals surface area (Å²) in [6, 6.07) is 9.74. The fourth-order valence-electron chi connectivity index (χ4n) is 15.1. The van der Waals surface area contributed by atoms with Gasteiger partial charge in [0.25, 0.3) is 0 Å². The van der Waals surface area contributed by atoms with Crippen molar-refractivity contribution in [3.8, 4) is 5.75 Å². The van der Waals surface area contributed by atoms with Crippen molar-refractivity contribution in [3.63, 3.8) is 0 Å². The first-order chi connectivity index (χ1) is 62.1. The molecule has 3 aliphatic rings. The Kier molecular flexibility index (Phi) is 38.2. The first-order valence-electron chi connectivity index (χ1n) is 42.8. The van der Waals surface area contributed by atoms with Crippen molar-refractivity contribution >= 4 is 134 Å². The summed E-state index contributed by atoms with van der Waals surface area (Å²) in [5.74, 6) is -17.5. The Balaban J connectivity index is 1.14. The van der Waals surface area contributed by atoms with Gasteiger partial charge in [-0.3, -0.25) is 91.8 Å². The number of aliphatic hydroxyl groups excluding tert-OH is 2. The number of pyridine rings is 1. The molecule has 5 heterocycles. The van der Waals surface area contributed by atoms with E-state index in [1.54, 1.807) is 97.2 Å². The molecule has 2 unspecified atom stereocenters. The third kappa shape index (κ3) is 30.8. The van der Waals surface area contributed by atoms with Gasteiger partial charge in [-0.05, 0) is 108 Å². The number of hydrogen-bond donors (Lipinski definition) is 21. The number of aliphatic hydroxyl groups is 2. The molecule has 6 aromatic rings. The van der Waals surface area contributed by atoms with Crippen molar-refractivity contribution in [2.45, 2.75) is 200 Å². The topological polar surface area (TPSA) is 668 Å². The number of benzene rings is 4. The van der Waals surface area contributed by atoms with Crippen LogP contribution >= 0.6 is 11.8 Å². The van der Waals surface area contributed by atoms with Gasteiger partial charge in [0.2, 0.25) is 100 Å². The third-order valence-corrected chi connectivity index (χ3v) is 23.2. The molecule has 3 aliphatic heterocycles. The summed E-state index contributed by atoms with van der Waals surface area (Å²) in [7, 11) is 1.25. The number of thioether (sulfide) groups is 1. The molecule has 4 aromatic carbocycles. The minimum absolute atomic E-state index is 0.0364. The predicted molar refractivity (Wildman–Crippen MR) is 473 cm³/mol. The maximum atomic E-state index is 15.9. The summed E-state index contributed by atoms with van der Waals surface area (Å²) >= 11 is 0.923. The zero-order chi connectivity index (χ0) is 94.1. The number of primary amides is 4. The summed E-state index contributed by atoms with van der Waals surface area (Å²) in [5, 5.41) is 60.0. The van der Waals surface area contributed by atoms with Gasteiger partial charge in [0.05, 0.1) is 37.6 Å². The van der Waals surface area contributed by atoms with Crippen LogP contribution in [-0.2, 0) is 112 Å². The average Bonchev–Trinajstić information content (AvgIpc) is 1.55. The summed E-state index contributed by atoms with van der Waals surface area (Å²) < 4.78 is 11.5. The van der Waals surface area contributed by atoms with Crippen LogP contribution in [0.2, 0.25) is 0 Å². The molecule has 0 radical (unpaired) electrons. The molecule has 2 aromatic heterocycles. The van der Waals surface area contributed by atoms with Gasteiger partial charge < -0.3 is 122 Å². The Morgan fingerprint density at radius 1 is 0.631 bits per heavy atom. The van der Waals surface area contributed by atoms with Crippen molar-refractivity contribution in [2.75, 3.05) is 58.0 Å². The molecule has 700 valence electrons. The summed E-state index contributed by atoms with van der Waals surface area (Å²) in [4.78, 5) is 254. The summed E-state index contributed by atoms with van der Waals surface area (Å²) in [6.07, 6.45) is -5.19. The molecule has 130 heavy (non-hydrogen) atoms. The first kappa shape index (κ1) is 101. The lowest BCUT2D eigenvalue weighted by Crippen LogP contribution is -2.67. The molecule has 2 bridgehead atoms. The van der Waals surface area contributed by atoms with Crippen molar-refractivity contribution in [1.29, 1.82) is 0 Å². The Morgan fingerprint density at radius 2 is 1.29 bits per heavy atom. The van der Waals surface area contributed by atoms with E-state index in [1.165, 1.54) is 26.4 Å². The predicted octanol–water partition coefficient (Wildman–Crippen LogP) is -4.94. The second-order valence-corrected chi connectivity index (χ2v) is 33.4. The van der Waals surface area contributed by atoms with Gasteiger partial charge >= 0.3 is 0 Å². The SMILES string of the molecule is C[C@@H](O)[C@@H]1NC(=O)[C@H](CC(N)=O)NC(=O)[C@@H]2CCSC[C@H](NC(=O)[C@H](CCC(N)=O)NC(=O)[C@H](Cc3c[nH]c4ccccc34)NC1O)C(=O)NC(Cc1ccc(OCCN)cc1)C(=O)N[C@@H](Cc1ccc3ccccc3c1)C(=O)NC1(CCOCC1)C(=O)N[C@H](C(=O)N[C@@H](CC(N)=O)C(=O)N[C@@H](Cc1cccnc1)C(=O)N(C)CC(N)=O)CCC(=O)NCCCCCC(=O)N2. The van der Waals surface area contributed by atoms with E-state index in [0.717, 1.165) is 22.0 Å². The van der Waals surface area contributed by atoms with Crippen molar-refractivity contribution in [3.05, 3.63) is 144 Å². The number of fused-ring (bicyclic) bond motifs is 7. The standard InChI is InChI=1S/C87H115N21O21S/c1-48(109)74-84(125)102-63(41-54-45-95-57-15-8-7-14-56(54)57)79(120)97-58(23-25-68(89)110)75(116)104-67-47-130-36-27-60(77(118)101-65(43-70(91)112)81(122)106-74)96-73(115)16-4-3-9-32-94-72(114)26-24-59(76(117)100-64(42-69(90)111)80(121)103-66(40-51-11-10-31-93-44-51)85(126)108(2)46-71(92)113)105-86(127)87(28-33-128-34-29-87)107-83(124)62(39-50-17-20-52-12-5-6-13-53(52)37-50)99-78(119)61(98-82(67)123)38-49-18-21-55(22-19-49)129-35-30-88/h5-8,10-15,17-22,31,37,44-45,48,58-67,74,84,95,102,109,125H,3-4,9,16,23-30,32-36,38-43,46-47,88H2,1-2H3,(H2,89,110)(H2,90,111)(H2,91,112)(H2,92,113)(H,94,114)(H,96,115)(H,97,120)(H,98,123)(H,99,119)(H,100,117)(H,101,118)(H,103,121)(H,104,116)(H,105,127)(H,106,122)(H,107,124)/t48-,58+,59+,60+,61?,62+,63+,64+,65+,66+,67+,74+,84?/m1/s1. The number of ether oxygens (including phenoxy) is 2. The second-order valence-electron chi connectivity index (χ2n) is 32.3. The van der Waals surface area contributed by atoms with Gasteiger partial charge in [0.15, 0.2) is 0 Å². The number of nitrogens with one attached hydrogen (secondary N) is 14. The van der Waals surface area contributed by atoms with E-state index in [0.29, 0.717) is 44.3 Å². The Labute approximate surface area is 752 Å². The van der Waals surface area contributed by atoms with E-state index in [1.807, 2.05) is 12.1 Å². The highest BCUT2D eigenvalue weighted by Gasteiger charge is 2.46. The van der Waals surface area contributed by atoms with Crippen molar-refractivity contribution < 1.29 is 101 Å². The van der Waals surface area contributed by atoms with Gasteiger partial charge in [-0.2, -0.15) is 11.8 Å². The molecule has 17 amide bonds. The van der Waals surface area contributed by atoms with Gasteiger partial charge in [-0.25, -0.2) is 0 Å². The van der Waals surface area contributed by atoms with E-state index >= 15 is 33.6 Å². The highest BCUT2D eigenvalue weighted by atomic mass is 32.2. The third-order valence-electron chi connectivity index (χ3n) is 22.1. The van der Waals surface area contributed by atoms with Crippen LogP contribution in [0.3, 0.4) is 0 Å². The zero-order valence-electron chi connectivity index (χ0n) is 72.1. The quantitative estimate of drug-likeness (QED) is 0.0242. The number of carbonyl (C=O) groups is 17. The Morgan fingerprint density at radius 3 is 1.99 bits per heavy atom. The molecule has 9 rings (SSSR count). The van der Waals surface area contributed by atoms with Gasteiger partial charge in [-0.1, -0.05) is 85.3 Å². The highest BCUT2D eigenvalue weighted by Crippen LogP contribution is 2.26. The van der Waals surface area contributed by atoms with Gasteiger partial charge in [0, 0.05) is 120 Å². The summed E-state index contributed by atoms with van der Waals surface area (Å²) in [5.41, 5.74) is 28.6. The van der Waals surface area contributed by atoms with E-state index < -0.39 is 242 Å². The number of nitrogens with two attached hydrogens (primary N) is 5. The van der Waals surface area contributed by atoms with Gasteiger partial charge in [-0.15, -0.1) is 0 Å². The first-order valence-corrected chi connectivity index (χ1v) is 43.9. The minimum atomic E-state index is -2.09. The number of aromatic nitrogens is 2. The van der Waals surface area contributed by atoms with Crippen LogP contribution in [-0.4, -0.2) is 268 Å². The van der Waals surface area contributed by atoms with Crippen LogP contribution in [0, 0.1) is 0 Å². The lowest BCUT2D eigenvalue weighted by molar-refractivity contribution is -0.142. The van der Waals surface area contributed by atoms with E-state index in [4.69, 9.17) is 38.1 Å². The molecule has 26 N–H and O–H groups in total. The Hall–Kier alpha value is -13.2. The number of aromatic amines is 1. The van der Waals surface area contributed by atoms with Crippen LogP contribution in [0.15, 0.2) is 122 Å². The molecule has 3 saturated heterocycles. The number of carbonyl (C=O) groups excluding carboxylic acids is 17. The second kappa shape index (κ2) is 49.4. The number of rotatable bonds is 26. The molecular formula is C87H115N21O21S. The maximum Gasteiger partial charge on any atom is 0.246 e. The lowest BCUT2D eigenvalue weighted by atomic mass is 9.87. The molecule has 42 nitrogen and oxygen atoms in total. The maximum absolute atomic E-state index is 15.9. The smallest absolute Gasteiger partial charge is 0.246 e. The number of likely N-dealkylation sites (N-methyl/N-ethyl adjacent to an activating group) is 1. The zero-order valence-corrected chi connectivity index (χ0v) is 72.9. The van der Waals surface area contributed by atoms with Crippen LogP contribution in [0.4, 0.5) is 0 Å². The normalized spacial score (nSPS) is 22.8. The molecule has 1 spiro atoms. The number of para-hydroxylation sites is 1. The van der Waals surface area contributed by atoms with E-state index in [2.05, 4.69) is 79.1 Å². The fourth-order valence-corrected chi connectivity index (χ4v) is 16.1. The van der Waals surface area contributed by atoms with Crippen molar-refractivity contribution in [2.24, 2.45) is 28.7 Å². The lowest BCUT2D eigenvalue weighted by Gasteiger charge is -2.38. The van der Waals surface area contributed by atoms with Crippen LogP contribution in [0.5, 0.6) is 5.75 Å². The average molecular weight is 1820 g/mol. The highest BCUT2D eigenvalue weighted by molar-refractivity contribution is 7.99. The largest absolute Gasteiger partial charge is 0.492 e. The minimum Gasteiger partial charge on any atom is -0.492 e.